The second-order valence-electron chi connectivity index (χ2n) is 6.06. The van der Waals surface area contributed by atoms with Crippen LogP contribution in [-0.2, 0) is 13.5 Å². The third-order valence-electron chi connectivity index (χ3n) is 4.07. The maximum absolute atomic E-state index is 12.4. The summed E-state index contributed by atoms with van der Waals surface area (Å²) in [7, 11) is 3.23. The number of hydrogen-bond acceptors (Lipinski definition) is 5. The molecule has 1 amide bonds. The van der Waals surface area contributed by atoms with Crippen molar-refractivity contribution in [3.8, 4) is 11.3 Å². The molecule has 2 aromatic heterocycles. The van der Waals surface area contributed by atoms with E-state index in [2.05, 4.69) is 10.3 Å². The zero-order valence-corrected chi connectivity index (χ0v) is 14.8. The summed E-state index contributed by atoms with van der Waals surface area (Å²) in [6.45, 7) is 0.546. The number of aryl methyl sites for hydroxylation is 2. The summed E-state index contributed by atoms with van der Waals surface area (Å²) in [4.78, 5) is 25.3. The van der Waals surface area contributed by atoms with E-state index in [4.69, 9.17) is 4.52 Å². The maximum atomic E-state index is 12.4. The fraction of sp³-hybridized carbons (Fsp3) is 0.263. The lowest BCUT2D eigenvalue weighted by molar-refractivity contribution is 0.0784. The summed E-state index contributed by atoms with van der Waals surface area (Å²) >= 11 is 0. The Kier molecular flexibility index (Phi) is 5.26. The van der Waals surface area contributed by atoms with E-state index in [0.717, 1.165) is 28.1 Å². The van der Waals surface area contributed by atoms with E-state index in [1.165, 1.54) is 19.2 Å². The monoisotopic (exact) mass is 352 g/mol. The van der Waals surface area contributed by atoms with Gasteiger partial charge < -0.3 is 9.42 Å². The molecule has 0 unspecified atom stereocenters. The van der Waals surface area contributed by atoms with Crippen molar-refractivity contribution in [3.63, 3.8) is 0 Å². The van der Waals surface area contributed by atoms with Gasteiger partial charge in [0.2, 0.25) is 0 Å². The quantitative estimate of drug-likeness (QED) is 0.679. The van der Waals surface area contributed by atoms with Gasteiger partial charge in [0.1, 0.15) is 17.1 Å². The Labute approximate surface area is 150 Å². The molecule has 0 aliphatic heterocycles. The van der Waals surface area contributed by atoms with E-state index in [1.54, 1.807) is 11.9 Å². The third kappa shape index (κ3) is 4.05. The molecule has 0 spiro atoms. The fourth-order valence-corrected chi connectivity index (χ4v) is 2.58. The van der Waals surface area contributed by atoms with Crippen LogP contribution in [-0.4, -0.2) is 39.3 Å². The highest BCUT2D eigenvalue weighted by molar-refractivity contribution is 5.91. The molecule has 0 atom stereocenters. The summed E-state index contributed by atoms with van der Waals surface area (Å²) in [6, 6.07) is 14.5. The summed E-state index contributed by atoms with van der Waals surface area (Å²) in [5, 5.41) is 8.07. The van der Waals surface area contributed by atoms with Gasteiger partial charge in [0.05, 0.1) is 0 Å². The molecule has 0 N–H and O–H groups in total. The molecule has 134 valence electrons. The molecule has 0 saturated heterocycles. The third-order valence-corrected chi connectivity index (χ3v) is 4.07. The summed E-state index contributed by atoms with van der Waals surface area (Å²) < 4.78 is 6.52. The summed E-state index contributed by atoms with van der Waals surface area (Å²) in [5.41, 5.74) is 1.82. The van der Waals surface area contributed by atoms with Crippen LogP contribution in [0.2, 0.25) is 0 Å². The van der Waals surface area contributed by atoms with Gasteiger partial charge in [-0.05, 0) is 12.5 Å². The number of carbonyl (C=O) groups excluding carboxylic acids is 1. The Morgan fingerprint density at radius 1 is 1.19 bits per heavy atom. The van der Waals surface area contributed by atoms with Crippen molar-refractivity contribution in [2.24, 2.45) is 7.05 Å². The van der Waals surface area contributed by atoms with E-state index < -0.39 is 0 Å². The molecule has 3 aromatic rings. The van der Waals surface area contributed by atoms with Gasteiger partial charge in [-0.2, -0.15) is 5.10 Å². The number of aromatic nitrogens is 3. The van der Waals surface area contributed by atoms with Crippen molar-refractivity contribution in [1.29, 1.82) is 0 Å². The smallest absolute Gasteiger partial charge is 0.274 e. The van der Waals surface area contributed by atoms with Crippen LogP contribution >= 0.6 is 0 Å². The Morgan fingerprint density at radius 2 is 1.96 bits per heavy atom. The van der Waals surface area contributed by atoms with E-state index in [1.807, 2.05) is 36.4 Å². The number of nitrogens with zero attached hydrogens (tertiary/aromatic N) is 4. The van der Waals surface area contributed by atoms with E-state index >= 15 is 0 Å². The Balaban J connectivity index is 1.54. The van der Waals surface area contributed by atoms with Gasteiger partial charge in [-0.15, -0.1) is 0 Å². The van der Waals surface area contributed by atoms with Gasteiger partial charge in [-0.1, -0.05) is 35.5 Å². The molecule has 0 aliphatic carbocycles. The van der Waals surface area contributed by atoms with Gasteiger partial charge in [0.15, 0.2) is 0 Å². The van der Waals surface area contributed by atoms with Crippen molar-refractivity contribution >= 4 is 5.91 Å². The number of amides is 1. The maximum Gasteiger partial charge on any atom is 0.274 e. The second kappa shape index (κ2) is 7.77. The molecule has 26 heavy (non-hydrogen) atoms. The zero-order valence-electron chi connectivity index (χ0n) is 14.8. The van der Waals surface area contributed by atoms with Crippen LogP contribution in [0.15, 0.2) is 57.8 Å². The first-order valence-corrected chi connectivity index (χ1v) is 8.35. The standard InChI is InChI=1S/C19H20N4O3/c1-22(19(25)16-10-11-18(24)23(2)20-16)12-6-9-15-13-17(21-26-15)14-7-4-3-5-8-14/h3-5,7-8,10-11,13H,6,9,12H2,1-2H3. The van der Waals surface area contributed by atoms with Gasteiger partial charge in [-0.25, -0.2) is 4.68 Å². The molecular formula is C19H20N4O3. The number of benzene rings is 1. The minimum Gasteiger partial charge on any atom is -0.361 e. The molecular weight excluding hydrogens is 332 g/mol. The molecule has 7 nitrogen and oxygen atoms in total. The van der Waals surface area contributed by atoms with Crippen LogP contribution in [0.1, 0.15) is 22.7 Å². The first-order valence-electron chi connectivity index (χ1n) is 8.35. The second-order valence-corrected chi connectivity index (χ2v) is 6.06. The van der Waals surface area contributed by atoms with Crippen LogP contribution in [0.5, 0.6) is 0 Å². The zero-order chi connectivity index (χ0) is 18.5. The van der Waals surface area contributed by atoms with Gasteiger partial charge in [-0.3, -0.25) is 9.59 Å². The molecule has 0 aliphatic rings. The van der Waals surface area contributed by atoms with Crippen molar-refractivity contribution in [1.82, 2.24) is 19.8 Å². The fourth-order valence-electron chi connectivity index (χ4n) is 2.58. The number of rotatable bonds is 6. The number of hydrogen-bond donors (Lipinski definition) is 0. The lowest BCUT2D eigenvalue weighted by atomic mass is 10.1. The highest BCUT2D eigenvalue weighted by Gasteiger charge is 2.14. The molecule has 1 aromatic carbocycles. The van der Waals surface area contributed by atoms with Crippen molar-refractivity contribution in [2.75, 3.05) is 13.6 Å². The van der Waals surface area contributed by atoms with E-state index in [0.29, 0.717) is 13.0 Å². The predicted molar refractivity (Wildman–Crippen MR) is 96.7 cm³/mol. The highest BCUT2D eigenvalue weighted by atomic mass is 16.5. The van der Waals surface area contributed by atoms with Gasteiger partial charge in [0, 0.05) is 44.8 Å². The first-order chi connectivity index (χ1) is 12.5. The predicted octanol–water partition coefficient (Wildman–Crippen LogP) is 2.14. The Morgan fingerprint density at radius 3 is 2.69 bits per heavy atom. The largest absolute Gasteiger partial charge is 0.361 e. The summed E-state index contributed by atoms with van der Waals surface area (Å²) in [6.07, 6.45) is 1.41. The van der Waals surface area contributed by atoms with Crippen LogP contribution in [0.4, 0.5) is 0 Å². The minimum absolute atomic E-state index is 0.219. The van der Waals surface area contributed by atoms with Crippen molar-refractivity contribution in [3.05, 3.63) is 70.3 Å². The van der Waals surface area contributed by atoms with Crippen molar-refractivity contribution in [2.45, 2.75) is 12.8 Å². The molecule has 0 saturated carbocycles. The SMILES string of the molecule is CN(CCCc1cc(-c2ccccc2)no1)C(=O)c1ccc(=O)n(C)n1. The van der Waals surface area contributed by atoms with Crippen LogP contribution in [0, 0.1) is 0 Å². The van der Waals surface area contributed by atoms with Crippen LogP contribution in [0.3, 0.4) is 0 Å². The molecule has 7 heteroatoms. The minimum atomic E-state index is -0.247. The van der Waals surface area contributed by atoms with E-state index in [-0.39, 0.29) is 17.2 Å². The first kappa shape index (κ1) is 17.6. The van der Waals surface area contributed by atoms with Gasteiger partial charge >= 0.3 is 0 Å². The van der Waals surface area contributed by atoms with Crippen LogP contribution < -0.4 is 5.56 Å². The molecule has 2 heterocycles. The average Bonchev–Trinajstić information content (AvgIpc) is 3.13. The Hall–Kier alpha value is -3.22. The lowest BCUT2D eigenvalue weighted by Gasteiger charge is -2.16. The normalized spacial score (nSPS) is 10.7. The average molecular weight is 352 g/mol. The van der Waals surface area contributed by atoms with Gasteiger partial charge in [0.25, 0.3) is 11.5 Å². The molecule has 0 fully saturated rings. The molecule has 0 bridgehead atoms. The highest BCUT2D eigenvalue weighted by Crippen LogP contribution is 2.19. The van der Waals surface area contributed by atoms with E-state index in [9.17, 15) is 9.59 Å². The molecule has 3 rings (SSSR count). The summed E-state index contributed by atoms with van der Waals surface area (Å²) in [5.74, 6) is 0.563. The molecule has 0 radical (unpaired) electrons. The lowest BCUT2D eigenvalue weighted by Crippen LogP contribution is -2.31. The van der Waals surface area contributed by atoms with Crippen LogP contribution in [0.25, 0.3) is 11.3 Å². The number of carbonyl (C=O) groups is 1. The van der Waals surface area contributed by atoms with Crippen molar-refractivity contribution < 1.29 is 9.32 Å². The topological polar surface area (TPSA) is 81.2 Å². The Bertz CT molecular complexity index is 947.